The molecule has 1 heterocycles. The highest BCUT2D eigenvalue weighted by molar-refractivity contribution is 7.91. The second-order valence-electron chi connectivity index (χ2n) is 6.82. The molecule has 0 saturated carbocycles. The Balaban J connectivity index is 1.76. The van der Waals surface area contributed by atoms with Crippen LogP contribution >= 0.6 is 11.6 Å². The Kier molecular flexibility index (Phi) is 6.14. The zero-order chi connectivity index (χ0) is 22.1. The average Bonchev–Trinajstić information content (AvgIpc) is 2.73. The van der Waals surface area contributed by atoms with Crippen molar-refractivity contribution in [3.05, 3.63) is 73.8 Å². The summed E-state index contributed by atoms with van der Waals surface area (Å²) in [5.74, 6) is -0.818. The molecule has 2 aromatic carbocycles. The minimum Gasteiger partial charge on any atom is -0.352 e. The summed E-state index contributed by atoms with van der Waals surface area (Å²) in [5.41, 5.74) is 0.0237. The predicted molar refractivity (Wildman–Crippen MR) is 114 cm³/mol. The van der Waals surface area contributed by atoms with Crippen LogP contribution in [0.5, 0.6) is 0 Å². The van der Waals surface area contributed by atoms with E-state index in [-0.39, 0.29) is 17.9 Å². The van der Waals surface area contributed by atoms with Crippen LogP contribution in [0, 0.1) is 0 Å². The molecule has 1 aromatic heterocycles. The van der Waals surface area contributed by atoms with Gasteiger partial charge in [0.1, 0.15) is 0 Å². The Bertz CT molecular complexity index is 1360. The Hall–Kier alpha value is -2.91. The maximum atomic E-state index is 12.7. The zero-order valence-electron chi connectivity index (χ0n) is 16.4. The van der Waals surface area contributed by atoms with Crippen molar-refractivity contribution in [1.82, 2.24) is 14.5 Å². The summed E-state index contributed by atoms with van der Waals surface area (Å²) in [4.78, 5) is 36.0. The molecule has 158 valence electrons. The number of hydrogen-bond acceptors (Lipinski definition) is 5. The van der Waals surface area contributed by atoms with Gasteiger partial charge < -0.3 is 14.5 Å². The number of nitrogens with one attached hydrogen (secondary N) is 1. The van der Waals surface area contributed by atoms with E-state index in [1.165, 1.54) is 36.9 Å². The zero-order valence-corrected chi connectivity index (χ0v) is 18.0. The monoisotopic (exact) mass is 449 g/mol. The first-order valence-electron chi connectivity index (χ1n) is 9.04. The van der Waals surface area contributed by atoms with Crippen LogP contribution in [-0.2, 0) is 35.3 Å². The fourth-order valence-corrected chi connectivity index (χ4v) is 4.48. The van der Waals surface area contributed by atoms with Crippen LogP contribution in [0.2, 0.25) is 5.02 Å². The second kappa shape index (κ2) is 8.45. The standard InChI is InChI=1S/C20H20ClN3O5S/c1-23-16-8-7-14(11-17(16)24(2)20(27)19(23)26)30(28,29)10-9-18(25)22-12-13-5-3-4-6-15(13)21/h3-8,11H,9-10,12H2,1-2H3,(H,22,25). The molecule has 1 amide bonds. The molecule has 0 saturated heterocycles. The lowest BCUT2D eigenvalue weighted by atomic mass is 10.2. The van der Waals surface area contributed by atoms with E-state index in [2.05, 4.69) is 5.32 Å². The van der Waals surface area contributed by atoms with Crippen LogP contribution < -0.4 is 16.4 Å². The smallest absolute Gasteiger partial charge is 0.316 e. The molecule has 0 aliphatic carbocycles. The summed E-state index contributed by atoms with van der Waals surface area (Å²) in [5, 5.41) is 3.17. The van der Waals surface area contributed by atoms with Crippen molar-refractivity contribution in [2.75, 3.05) is 5.75 Å². The number of sulfone groups is 1. The fourth-order valence-electron chi connectivity index (χ4n) is 3.02. The topological polar surface area (TPSA) is 107 Å². The number of benzene rings is 2. The molecule has 0 bridgehead atoms. The second-order valence-corrected chi connectivity index (χ2v) is 9.33. The minimum absolute atomic E-state index is 0.0254. The van der Waals surface area contributed by atoms with E-state index in [0.717, 1.165) is 10.1 Å². The molecule has 30 heavy (non-hydrogen) atoms. The molecule has 3 rings (SSSR count). The average molecular weight is 450 g/mol. The highest BCUT2D eigenvalue weighted by atomic mass is 35.5. The lowest BCUT2D eigenvalue weighted by Gasteiger charge is -2.11. The molecule has 0 unspecified atom stereocenters. The first-order valence-corrected chi connectivity index (χ1v) is 11.1. The van der Waals surface area contributed by atoms with Gasteiger partial charge in [0, 0.05) is 32.1 Å². The number of rotatable bonds is 6. The van der Waals surface area contributed by atoms with Gasteiger partial charge in [-0.05, 0) is 29.8 Å². The van der Waals surface area contributed by atoms with Gasteiger partial charge in [-0.2, -0.15) is 0 Å². The first-order chi connectivity index (χ1) is 14.1. The number of aryl methyl sites for hydroxylation is 2. The summed E-state index contributed by atoms with van der Waals surface area (Å²) in [6.07, 6.45) is -0.225. The summed E-state index contributed by atoms with van der Waals surface area (Å²) >= 11 is 6.04. The van der Waals surface area contributed by atoms with E-state index in [1.807, 2.05) is 0 Å². The maximum Gasteiger partial charge on any atom is 0.316 e. The number of aromatic nitrogens is 2. The highest BCUT2D eigenvalue weighted by Gasteiger charge is 2.19. The SMILES string of the molecule is Cn1c(=O)c(=O)n(C)c2cc(S(=O)(=O)CCC(=O)NCc3ccccc3Cl)ccc21. The summed E-state index contributed by atoms with van der Waals surface area (Å²) in [6.45, 7) is 0.199. The van der Waals surface area contributed by atoms with Gasteiger partial charge in [0.15, 0.2) is 9.84 Å². The molecule has 0 spiro atoms. The van der Waals surface area contributed by atoms with Crippen molar-refractivity contribution in [2.24, 2.45) is 14.1 Å². The Morgan fingerprint density at radius 2 is 1.63 bits per heavy atom. The van der Waals surface area contributed by atoms with Crippen LogP contribution in [0.1, 0.15) is 12.0 Å². The summed E-state index contributed by atoms with van der Waals surface area (Å²) in [7, 11) is -0.925. The lowest BCUT2D eigenvalue weighted by molar-refractivity contribution is -0.120. The molecule has 10 heteroatoms. The molecule has 0 fully saturated rings. The van der Waals surface area contributed by atoms with Gasteiger partial charge in [0.05, 0.1) is 21.7 Å². The number of nitrogens with zero attached hydrogens (tertiary/aromatic N) is 2. The minimum atomic E-state index is -3.78. The van der Waals surface area contributed by atoms with Crippen molar-refractivity contribution in [3.8, 4) is 0 Å². The van der Waals surface area contributed by atoms with Crippen molar-refractivity contribution < 1.29 is 13.2 Å². The van der Waals surface area contributed by atoms with Gasteiger partial charge in [0.25, 0.3) is 0 Å². The van der Waals surface area contributed by atoms with Crippen LogP contribution in [0.4, 0.5) is 0 Å². The molecule has 0 aliphatic rings. The summed E-state index contributed by atoms with van der Waals surface area (Å²) < 4.78 is 27.7. The van der Waals surface area contributed by atoms with E-state index in [9.17, 15) is 22.8 Å². The van der Waals surface area contributed by atoms with E-state index in [1.54, 1.807) is 24.3 Å². The van der Waals surface area contributed by atoms with Crippen molar-refractivity contribution in [1.29, 1.82) is 0 Å². The molecule has 0 aliphatic heterocycles. The van der Waals surface area contributed by atoms with Gasteiger partial charge in [0.2, 0.25) is 5.91 Å². The third-order valence-electron chi connectivity index (χ3n) is 4.85. The third kappa shape index (κ3) is 4.31. The Labute approximate surface area is 177 Å². The quantitative estimate of drug-likeness (QED) is 0.572. The largest absolute Gasteiger partial charge is 0.352 e. The van der Waals surface area contributed by atoms with E-state index in [0.29, 0.717) is 16.1 Å². The summed E-state index contributed by atoms with van der Waals surface area (Å²) in [6, 6.07) is 11.2. The van der Waals surface area contributed by atoms with Gasteiger partial charge >= 0.3 is 11.1 Å². The molecule has 8 nitrogen and oxygen atoms in total. The highest BCUT2D eigenvalue weighted by Crippen LogP contribution is 2.19. The number of hydrogen-bond donors (Lipinski definition) is 1. The number of carbonyl (C=O) groups is 1. The van der Waals surface area contributed by atoms with Crippen molar-refractivity contribution in [2.45, 2.75) is 17.9 Å². The lowest BCUT2D eigenvalue weighted by Crippen LogP contribution is -2.39. The first kappa shape index (κ1) is 21.8. The molecular weight excluding hydrogens is 430 g/mol. The molecule has 1 N–H and O–H groups in total. The van der Waals surface area contributed by atoms with Gasteiger partial charge in [-0.15, -0.1) is 0 Å². The van der Waals surface area contributed by atoms with Gasteiger partial charge in [-0.1, -0.05) is 29.8 Å². The molecular formula is C20H20ClN3O5S. The van der Waals surface area contributed by atoms with Crippen molar-refractivity contribution in [3.63, 3.8) is 0 Å². The normalized spacial score (nSPS) is 11.6. The van der Waals surface area contributed by atoms with Crippen molar-refractivity contribution >= 4 is 38.4 Å². The van der Waals surface area contributed by atoms with Crippen LogP contribution in [0.25, 0.3) is 11.0 Å². The number of halogens is 1. The van der Waals surface area contributed by atoms with Gasteiger partial charge in [-0.3, -0.25) is 14.4 Å². The van der Waals surface area contributed by atoms with Crippen LogP contribution in [0.15, 0.2) is 56.9 Å². The molecule has 0 atom stereocenters. The third-order valence-corrected chi connectivity index (χ3v) is 6.94. The van der Waals surface area contributed by atoms with E-state index >= 15 is 0 Å². The fraction of sp³-hybridized carbons (Fsp3) is 0.250. The van der Waals surface area contributed by atoms with Crippen LogP contribution in [0.3, 0.4) is 0 Å². The Morgan fingerprint density at radius 1 is 1.00 bits per heavy atom. The van der Waals surface area contributed by atoms with E-state index in [4.69, 9.17) is 11.6 Å². The van der Waals surface area contributed by atoms with Crippen LogP contribution in [-0.4, -0.2) is 29.2 Å². The molecule has 3 aromatic rings. The van der Waals surface area contributed by atoms with E-state index < -0.39 is 32.6 Å². The molecule has 0 radical (unpaired) electrons. The number of fused-ring (bicyclic) bond motifs is 1. The van der Waals surface area contributed by atoms with Gasteiger partial charge in [-0.25, -0.2) is 8.42 Å². The number of carbonyl (C=O) groups excluding carboxylic acids is 1. The number of amides is 1. The maximum absolute atomic E-state index is 12.7. The predicted octanol–water partition coefficient (Wildman–Crippen LogP) is 1.37. The Morgan fingerprint density at radius 3 is 2.30 bits per heavy atom.